The van der Waals surface area contributed by atoms with E-state index in [2.05, 4.69) is 21.3 Å². The van der Waals surface area contributed by atoms with Crippen LogP contribution in [-0.2, 0) is 9.59 Å². The van der Waals surface area contributed by atoms with Crippen LogP contribution in [0.3, 0.4) is 0 Å². The van der Waals surface area contributed by atoms with Gasteiger partial charge in [0.1, 0.15) is 0 Å². The van der Waals surface area contributed by atoms with Crippen molar-refractivity contribution in [3.05, 3.63) is 0 Å². The number of rotatable bonds is 17. The van der Waals surface area contributed by atoms with Crippen molar-refractivity contribution in [1.29, 1.82) is 0 Å². The van der Waals surface area contributed by atoms with Gasteiger partial charge in [-0.2, -0.15) is 11.8 Å². The van der Waals surface area contributed by atoms with Crippen molar-refractivity contribution < 1.29 is 24.6 Å². The molecule has 3 aliphatic rings. The Hall–Kier alpha value is -1.56. The van der Waals surface area contributed by atoms with Gasteiger partial charge in [0.15, 0.2) is 0 Å². The van der Waals surface area contributed by atoms with E-state index in [1.54, 1.807) is 0 Å². The molecule has 2 aliphatic heterocycles. The van der Waals surface area contributed by atoms with Crippen molar-refractivity contribution in [2.45, 2.75) is 140 Å². The zero-order valence-electron chi connectivity index (χ0n) is 26.1. The average molecular weight is 612 g/mol. The van der Waals surface area contributed by atoms with Crippen LogP contribution in [-0.4, -0.2) is 82.0 Å². The molecule has 0 aromatic heterocycles. The Bertz CT molecular complexity index is 873. The van der Waals surface area contributed by atoms with Gasteiger partial charge < -0.3 is 37.2 Å². The molecule has 0 radical (unpaired) electrons. The van der Waals surface area contributed by atoms with Crippen molar-refractivity contribution in [2.75, 3.05) is 12.3 Å². The monoisotopic (exact) mass is 611 g/mol. The molecule has 11 heteroatoms. The number of thioether (sulfide) groups is 1. The van der Waals surface area contributed by atoms with Gasteiger partial charge in [-0.1, -0.05) is 72.6 Å². The first-order chi connectivity index (χ1) is 20.0. The van der Waals surface area contributed by atoms with Gasteiger partial charge in [0.25, 0.3) is 0 Å². The molecule has 2 heterocycles. The summed E-state index contributed by atoms with van der Waals surface area (Å²) in [4.78, 5) is 37.7. The fourth-order valence-electron chi connectivity index (χ4n) is 6.81. The molecule has 1 aliphatic carbocycles. The van der Waals surface area contributed by atoms with Crippen LogP contribution in [0.5, 0.6) is 0 Å². The van der Waals surface area contributed by atoms with Gasteiger partial charge in [0.2, 0.25) is 11.8 Å². The molecule has 1 saturated carbocycles. The van der Waals surface area contributed by atoms with E-state index in [1.807, 2.05) is 39.5 Å². The quantitative estimate of drug-likeness (QED) is 0.0981. The highest BCUT2D eigenvalue weighted by molar-refractivity contribution is 8.00. The van der Waals surface area contributed by atoms with E-state index < -0.39 is 24.2 Å². The topological polar surface area (TPSA) is 166 Å². The summed E-state index contributed by atoms with van der Waals surface area (Å²) in [5.41, 5.74) is 6.34. The molecule has 42 heavy (non-hydrogen) atoms. The van der Waals surface area contributed by atoms with Gasteiger partial charge in [0.05, 0.1) is 30.2 Å². The first-order valence-corrected chi connectivity index (χ1v) is 17.4. The number of aliphatic hydroxyl groups is 2. The molecule has 0 unspecified atom stereocenters. The number of carbonyl (C=O) groups is 3. The molecule has 0 bridgehead atoms. The summed E-state index contributed by atoms with van der Waals surface area (Å²) < 4.78 is 0. The maximum absolute atomic E-state index is 13.5. The second-order valence-corrected chi connectivity index (χ2v) is 14.6. The van der Waals surface area contributed by atoms with E-state index in [-0.39, 0.29) is 47.8 Å². The SMILES string of the molecule is CC[C@H](C)[C@@H](CNC(=O)CCCC[C@@H]1SC[C@@H]2NC(=O)N[C@@H]21)NC(=O)[C@H](C(C)C)[C@@H](O)[C@H](O)[C@@H](N)CC1CCCCC1. The Morgan fingerprint density at radius 1 is 1.07 bits per heavy atom. The van der Waals surface area contributed by atoms with E-state index in [4.69, 9.17) is 5.73 Å². The van der Waals surface area contributed by atoms with Crippen LogP contribution in [0.2, 0.25) is 0 Å². The predicted octanol–water partition coefficient (Wildman–Crippen LogP) is 2.65. The highest BCUT2D eigenvalue weighted by Gasteiger charge is 2.42. The van der Waals surface area contributed by atoms with Gasteiger partial charge in [-0.3, -0.25) is 9.59 Å². The lowest BCUT2D eigenvalue weighted by Gasteiger charge is -2.35. The minimum Gasteiger partial charge on any atom is -0.390 e. The Morgan fingerprint density at radius 3 is 2.45 bits per heavy atom. The summed E-state index contributed by atoms with van der Waals surface area (Å²) in [5, 5.41) is 34.5. The van der Waals surface area contributed by atoms with Crippen molar-refractivity contribution in [1.82, 2.24) is 21.3 Å². The number of urea groups is 1. The number of amides is 4. The number of aliphatic hydroxyl groups excluding tert-OH is 2. The van der Waals surface area contributed by atoms with Crippen molar-refractivity contribution in [3.63, 3.8) is 0 Å². The van der Waals surface area contributed by atoms with Gasteiger partial charge in [-0.05, 0) is 37.0 Å². The number of unbranched alkanes of at least 4 members (excludes halogenated alkanes) is 1. The lowest BCUT2D eigenvalue weighted by molar-refractivity contribution is -0.137. The van der Waals surface area contributed by atoms with Crippen molar-refractivity contribution in [2.24, 2.45) is 29.4 Å². The number of hydrogen-bond donors (Lipinski definition) is 7. The van der Waals surface area contributed by atoms with Crippen LogP contribution < -0.4 is 27.0 Å². The number of nitrogens with one attached hydrogen (secondary N) is 4. The maximum atomic E-state index is 13.5. The van der Waals surface area contributed by atoms with Crippen LogP contribution >= 0.6 is 11.8 Å². The zero-order chi connectivity index (χ0) is 30.8. The molecule has 0 aromatic carbocycles. The fraction of sp³-hybridized carbons (Fsp3) is 0.903. The molecule has 9 atom stereocenters. The molecule has 0 spiro atoms. The Morgan fingerprint density at radius 2 is 1.79 bits per heavy atom. The molecule has 242 valence electrons. The van der Waals surface area contributed by atoms with Crippen LogP contribution in [0.4, 0.5) is 4.79 Å². The number of hydrogen-bond acceptors (Lipinski definition) is 7. The first kappa shape index (κ1) is 34.9. The molecule has 3 fully saturated rings. The summed E-state index contributed by atoms with van der Waals surface area (Å²) in [7, 11) is 0. The smallest absolute Gasteiger partial charge is 0.315 e. The normalized spacial score (nSPS) is 26.9. The minimum absolute atomic E-state index is 0.0464. The summed E-state index contributed by atoms with van der Waals surface area (Å²) in [6, 6.07) is -0.566. The maximum Gasteiger partial charge on any atom is 0.315 e. The van der Waals surface area contributed by atoms with Crippen molar-refractivity contribution in [3.8, 4) is 0 Å². The number of fused-ring (bicyclic) bond motifs is 1. The summed E-state index contributed by atoms with van der Waals surface area (Å²) in [6.45, 7) is 8.13. The molecule has 4 amide bonds. The molecular formula is C31H57N5O5S. The number of carbonyl (C=O) groups excluding carboxylic acids is 3. The summed E-state index contributed by atoms with van der Waals surface area (Å²) in [6.07, 6.45) is 7.88. The summed E-state index contributed by atoms with van der Waals surface area (Å²) in [5.74, 6) is 0.120. The van der Waals surface area contributed by atoms with E-state index in [0.29, 0.717) is 30.6 Å². The zero-order valence-corrected chi connectivity index (χ0v) is 27.0. The standard InChI is InChI=1S/C31H57N5O5S/c1-5-19(4)22(16-33-25(37)14-10-9-13-24-27-23(17-42-24)35-31(41)36-27)34-30(40)26(18(2)3)29(39)28(38)21(32)15-20-11-7-6-8-12-20/h18-24,26-29,38-39H,5-17,32H2,1-4H3,(H,33,37)(H,34,40)(H2,35,36,41)/t19-,21-,22+,23-,24-,26+,27-,28+,29+/m0/s1. The molecule has 0 aromatic rings. The van der Waals surface area contributed by atoms with Crippen LogP contribution in [0.25, 0.3) is 0 Å². The third-order valence-electron chi connectivity index (χ3n) is 9.77. The second-order valence-electron chi connectivity index (χ2n) is 13.3. The Balaban J connectivity index is 1.45. The predicted molar refractivity (Wildman–Crippen MR) is 168 cm³/mol. The lowest BCUT2D eigenvalue weighted by Crippen LogP contribution is -2.55. The van der Waals surface area contributed by atoms with Crippen LogP contribution in [0, 0.1) is 23.7 Å². The first-order valence-electron chi connectivity index (χ1n) is 16.4. The Kier molecular flexibility index (Phi) is 14.2. The Labute approximate surface area is 256 Å². The highest BCUT2D eigenvalue weighted by atomic mass is 32.2. The lowest BCUT2D eigenvalue weighted by atomic mass is 9.80. The van der Waals surface area contributed by atoms with E-state index in [0.717, 1.165) is 44.3 Å². The molecule has 3 rings (SSSR count). The van der Waals surface area contributed by atoms with Gasteiger partial charge in [0, 0.05) is 36.1 Å². The summed E-state index contributed by atoms with van der Waals surface area (Å²) >= 11 is 1.88. The fourth-order valence-corrected chi connectivity index (χ4v) is 8.35. The number of nitrogens with two attached hydrogens (primary N) is 1. The third kappa shape index (κ3) is 9.99. The van der Waals surface area contributed by atoms with E-state index in [1.165, 1.54) is 19.3 Å². The molecule has 10 nitrogen and oxygen atoms in total. The van der Waals surface area contributed by atoms with E-state index in [9.17, 15) is 24.6 Å². The van der Waals surface area contributed by atoms with Crippen molar-refractivity contribution >= 4 is 29.6 Å². The third-order valence-corrected chi connectivity index (χ3v) is 11.3. The van der Waals surface area contributed by atoms with Crippen LogP contribution in [0.15, 0.2) is 0 Å². The van der Waals surface area contributed by atoms with Gasteiger partial charge >= 0.3 is 6.03 Å². The second kappa shape index (κ2) is 17.1. The minimum atomic E-state index is -1.27. The molecular weight excluding hydrogens is 554 g/mol. The molecule has 2 saturated heterocycles. The molecule has 8 N–H and O–H groups in total. The van der Waals surface area contributed by atoms with Crippen LogP contribution in [0.1, 0.15) is 98.3 Å². The van der Waals surface area contributed by atoms with E-state index >= 15 is 0 Å². The largest absolute Gasteiger partial charge is 0.390 e. The highest BCUT2D eigenvalue weighted by Crippen LogP contribution is 2.33. The van der Waals surface area contributed by atoms with Gasteiger partial charge in [-0.15, -0.1) is 0 Å². The van der Waals surface area contributed by atoms with Gasteiger partial charge in [-0.25, -0.2) is 4.79 Å². The average Bonchev–Trinajstić information content (AvgIpc) is 3.51.